The van der Waals surface area contributed by atoms with Gasteiger partial charge in [0.15, 0.2) is 0 Å². The van der Waals surface area contributed by atoms with Gasteiger partial charge in [0.2, 0.25) is 0 Å². The average Bonchev–Trinajstić information content (AvgIpc) is 1.99. The molecule has 0 bridgehead atoms. The highest BCUT2D eigenvalue weighted by Gasteiger charge is 2.43. The van der Waals surface area contributed by atoms with Gasteiger partial charge in [0.25, 0.3) is 0 Å². The first kappa shape index (κ1) is 11.0. The Balaban J connectivity index is 2.29. The topological polar surface area (TPSA) is 20.2 Å². The standard InChI is InChI=1S/C12H24O/c1-5-10(4)6-12(13)7-11(8-12)9(2)3/h9-11,13H,5-8H2,1-4H3. The highest BCUT2D eigenvalue weighted by Crippen LogP contribution is 2.45. The van der Waals surface area contributed by atoms with Crippen LogP contribution < -0.4 is 0 Å². The third-order valence-electron chi connectivity index (χ3n) is 3.65. The minimum absolute atomic E-state index is 0.301. The third kappa shape index (κ3) is 2.70. The molecule has 1 unspecified atom stereocenters. The second-order valence-electron chi connectivity index (χ2n) is 5.35. The van der Waals surface area contributed by atoms with Crippen molar-refractivity contribution in [3.05, 3.63) is 0 Å². The molecule has 0 heterocycles. The molecule has 0 aromatic rings. The summed E-state index contributed by atoms with van der Waals surface area (Å²) in [5.41, 5.74) is -0.301. The summed E-state index contributed by atoms with van der Waals surface area (Å²) in [7, 11) is 0. The zero-order valence-corrected chi connectivity index (χ0v) is 9.51. The van der Waals surface area contributed by atoms with Crippen molar-refractivity contribution >= 4 is 0 Å². The summed E-state index contributed by atoms with van der Waals surface area (Å²) >= 11 is 0. The molecule has 0 saturated heterocycles. The van der Waals surface area contributed by atoms with Gasteiger partial charge in [0.1, 0.15) is 0 Å². The summed E-state index contributed by atoms with van der Waals surface area (Å²) in [4.78, 5) is 0. The van der Waals surface area contributed by atoms with Crippen LogP contribution in [-0.4, -0.2) is 10.7 Å². The van der Waals surface area contributed by atoms with Gasteiger partial charge in [-0.1, -0.05) is 34.1 Å². The molecule has 1 rings (SSSR count). The zero-order valence-electron chi connectivity index (χ0n) is 9.51. The van der Waals surface area contributed by atoms with Gasteiger partial charge in [-0.3, -0.25) is 0 Å². The van der Waals surface area contributed by atoms with E-state index in [4.69, 9.17) is 0 Å². The summed E-state index contributed by atoms with van der Waals surface area (Å²) in [5.74, 6) is 2.20. The SMILES string of the molecule is CCC(C)CC1(O)CC(C(C)C)C1. The Morgan fingerprint density at radius 2 is 1.85 bits per heavy atom. The van der Waals surface area contributed by atoms with E-state index >= 15 is 0 Å². The van der Waals surface area contributed by atoms with Crippen LogP contribution in [0.3, 0.4) is 0 Å². The minimum atomic E-state index is -0.301. The fourth-order valence-corrected chi connectivity index (χ4v) is 2.35. The van der Waals surface area contributed by atoms with E-state index in [2.05, 4.69) is 27.7 Å². The lowest BCUT2D eigenvalue weighted by molar-refractivity contribution is -0.101. The molecule has 0 aromatic heterocycles. The van der Waals surface area contributed by atoms with Crippen molar-refractivity contribution in [2.45, 2.75) is 59.0 Å². The van der Waals surface area contributed by atoms with Crippen molar-refractivity contribution in [1.29, 1.82) is 0 Å². The lowest BCUT2D eigenvalue weighted by Crippen LogP contribution is -2.46. The van der Waals surface area contributed by atoms with E-state index < -0.39 is 0 Å². The first-order valence-corrected chi connectivity index (χ1v) is 5.69. The van der Waals surface area contributed by atoms with Crippen LogP contribution in [0.1, 0.15) is 53.4 Å². The Bertz CT molecular complexity index is 157. The lowest BCUT2D eigenvalue weighted by Gasteiger charge is -2.47. The molecule has 0 spiro atoms. The van der Waals surface area contributed by atoms with Gasteiger partial charge in [-0.2, -0.15) is 0 Å². The normalized spacial score (nSPS) is 36.0. The summed E-state index contributed by atoms with van der Waals surface area (Å²) in [6.45, 7) is 8.95. The van der Waals surface area contributed by atoms with Crippen LogP contribution in [0.5, 0.6) is 0 Å². The molecule has 13 heavy (non-hydrogen) atoms. The highest BCUT2D eigenvalue weighted by atomic mass is 16.3. The first-order valence-electron chi connectivity index (χ1n) is 5.69. The maximum absolute atomic E-state index is 10.1. The maximum atomic E-state index is 10.1. The summed E-state index contributed by atoms with van der Waals surface area (Å²) in [6, 6.07) is 0. The van der Waals surface area contributed by atoms with Crippen LogP contribution in [0.2, 0.25) is 0 Å². The van der Waals surface area contributed by atoms with Gasteiger partial charge in [0, 0.05) is 0 Å². The minimum Gasteiger partial charge on any atom is -0.390 e. The smallest absolute Gasteiger partial charge is 0.0655 e. The molecule has 1 atom stereocenters. The number of aliphatic hydroxyl groups is 1. The van der Waals surface area contributed by atoms with Crippen LogP contribution in [0.25, 0.3) is 0 Å². The fourth-order valence-electron chi connectivity index (χ4n) is 2.35. The van der Waals surface area contributed by atoms with Gasteiger partial charge in [0.05, 0.1) is 5.60 Å². The van der Waals surface area contributed by atoms with Crippen molar-refractivity contribution in [2.75, 3.05) is 0 Å². The molecule has 0 radical (unpaired) electrons. The van der Waals surface area contributed by atoms with Crippen LogP contribution >= 0.6 is 0 Å². The summed E-state index contributed by atoms with van der Waals surface area (Å²) < 4.78 is 0. The molecule has 0 aliphatic heterocycles. The zero-order chi connectivity index (χ0) is 10.1. The van der Waals surface area contributed by atoms with E-state index in [1.807, 2.05) is 0 Å². The second-order valence-corrected chi connectivity index (χ2v) is 5.35. The van der Waals surface area contributed by atoms with Crippen molar-refractivity contribution in [3.8, 4) is 0 Å². The summed E-state index contributed by atoms with van der Waals surface area (Å²) in [5, 5.41) is 10.1. The number of rotatable bonds is 4. The molecule has 1 heteroatoms. The fraction of sp³-hybridized carbons (Fsp3) is 1.00. The predicted octanol–water partition coefficient (Wildman–Crippen LogP) is 3.22. The van der Waals surface area contributed by atoms with Crippen LogP contribution in [0.4, 0.5) is 0 Å². The maximum Gasteiger partial charge on any atom is 0.0655 e. The van der Waals surface area contributed by atoms with Gasteiger partial charge in [-0.05, 0) is 37.0 Å². The van der Waals surface area contributed by atoms with Gasteiger partial charge in [-0.25, -0.2) is 0 Å². The average molecular weight is 184 g/mol. The molecule has 1 nitrogen and oxygen atoms in total. The third-order valence-corrected chi connectivity index (χ3v) is 3.65. The quantitative estimate of drug-likeness (QED) is 0.711. The number of hydrogen-bond donors (Lipinski definition) is 1. The van der Waals surface area contributed by atoms with Gasteiger partial charge in [-0.15, -0.1) is 0 Å². The Hall–Kier alpha value is -0.0400. The second kappa shape index (κ2) is 4.00. The molecule has 0 aromatic carbocycles. The predicted molar refractivity (Wildman–Crippen MR) is 56.6 cm³/mol. The molecule has 78 valence electrons. The summed E-state index contributed by atoms with van der Waals surface area (Å²) in [6.07, 6.45) is 4.27. The monoisotopic (exact) mass is 184 g/mol. The highest BCUT2D eigenvalue weighted by molar-refractivity contribution is 4.95. The van der Waals surface area contributed by atoms with Crippen molar-refractivity contribution in [3.63, 3.8) is 0 Å². The van der Waals surface area contributed by atoms with E-state index in [0.717, 1.165) is 31.1 Å². The van der Waals surface area contributed by atoms with Crippen molar-refractivity contribution in [2.24, 2.45) is 17.8 Å². The lowest BCUT2D eigenvalue weighted by atomic mass is 9.63. The molecule has 1 fully saturated rings. The largest absolute Gasteiger partial charge is 0.390 e. The first-order chi connectivity index (χ1) is 5.97. The molecular formula is C12H24O. The van der Waals surface area contributed by atoms with E-state index in [0.29, 0.717) is 5.92 Å². The van der Waals surface area contributed by atoms with Crippen molar-refractivity contribution in [1.82, 2.24) is 0 Å². The molecule has 1 N–H and O–H groups in total. The molecule has 1 saturated carbocycles. The van der Waals surface area contributed by atoms with E-state index in [9.17, 15) is 5.11 Å². The Morgan fingerprint density at radius 3 is 2.23 bits per heavy atom. The number of hydrogen-bond acceptors (Lipinski definition) is 1. The van der Waals surface area contributed by atoms with E-state index in [-0.39, 0.29) is 5.60 Å². The molecular weight excluding hydrogens is 160 g/mol. The van der Waals surface area contributed by atoms with Crippen LogP contribution in [-0.2, 0) is 0 Å². The van der Waals surface area contributed by atoms with Gasteiger partial charge < -0.3 is 5.11 Å². The molecule has 1 aliphatic rings. The Labute approximate surface area is 82.5 Å². The van der Waals surface area contributed by atoms with E-state index in [1.54, 1.807) is 0 Å². The Morgan fingerprint density at radius 1 is 1.31 bits per heavy atom. The molecule has 0 amide bonds. The van der Waals surface area contributed by atoms with E-state index in [1.165, 1.54) is 6.42 Å². The molecule has 1 aliphatic carbocycles. The van der Waals surface area contributed by atoms with Crippen LogP contribution in [0.15, 0.2) is 0 Å². The van der Waals surface area contributed by atoms with Crippen LogP contribution in [0, 0.1) is 17.8 Å². The van der Waals surface area contributed by atoms with Gasteiger partial charge >= 0.3 is 0 Å². The Kier molecular flexibility index (Phi) is 3.39. The van der Waals surface area contributed by atoms with Crippen molar-refractivity contribution < 1.29 is 5.11 Å².